The summed E-state index contributed by atoms with van der Waals surface area (Å²) in [6, 6.07) is 13.6. The van der Waals surface area contributed by atoms with Gasteiger partial charge in [0.05, 0.1) is 27.2 Å². The summed E-state index contributed by atoms with van der Waals surface area (Å²) >= 11 is 0. The lowest BCUT2D eigenvalue weighted by Crippen LogP contribution is -2.16. The minimum Gasteiger partial charge on any atom is -0.322 e. The van der Waals surface area contributed by atoms with Crippen molar-refractivity contribution in [1.29, 1.82) is 0 Å². The van der Waals surface area contributed by atoms with Crippen molar-refractivity contribution in [2.24, 2.45) is 7.05 Å². The van der Waals surface area contributed by atoms with Gasteiger partial charge in [-0.15, -0.1) is 0 Å². The summed E-state index contributed by atoms with van der Waals surface area (Å²) in [5, 5.41) is 8.08. The van der Waals surface area contributed by atoms with Gasteiger partial charge in [-0.05, 0) is 75.1 Å². The molecule has 1 fully saturated rings. The van der Waals surface area contributed by atoms with E-state index in [1.807, 2.05) is 52.1 Å². The van der Waals surface area contributed by atoms with Gasteiger partial charge in [-0.25, -0.2) is 13.4 Å². The van der Waals surface area contributed by atoms with Crippen LogP contribution in [0.2, 0.25) is 0 Å². The number of benzene rings is 2. The maximum atomic E-state index is 13.3. The molecule has 1 amide bonds. The molecule has 1 aliphatic rings. The third kappa shape index (κ3) is 4.39. The Balaban J connectivity index is 1.40. The first kappa shape index (κ1) is 23.0. The highest BCUT2D eigenvalue weighted by Gasteiger charge is 2.28. The van der Waals surface area contributed by atoms with Gasteiger partial charge in [0.25, 0.3) is 15.9 Å². The number of fused-ring (bicyclic) bond motifs is 1. The van der Waals surface area contributed by atoms with Gasteiger partial charge in [0.2, 0.25) is 0 Å². The number of sulfonamides is 1. The Kier molecular flexibility index (Phi) is 5.59. The second-order valence-electron chi connectivity index (χ2n) is 9.13. The average molecular weight is 490 g/mol. The lowest BCUT2D eigenvalue weighted by Gasteiger charge is -2.14. The smallest absolute Gasteiger partial charge is 0.261 e. The fourth-order valence-electron chi connectivity index (χ4n) is 4.32. The number of carbonyl (C=O) groups is 1. The number of nitrogens with one attached hydrogen (secondary N) is 2. The zero-order chi connectivity index (χ0) is 24.9. The maximum Gasteiger partial charge on any atom is 0.261 e. The topological polar surface area (TPSA) is 106 Å². The summed E-state index contributed by atoms with van der Waals surface area (Å²) in [6.07, 6.45) is 2.14. The molecule has 2 N–H and O–H groups in total. The lowest BCUT2D eigenvalue weighted by atomic mass is 10.1. The normalized spacial score (nSPS) is 13.7. The van der Waals surface area contributed by atoms with Crippen LogP contribution in [0.3, 0.4) is 0 Å². The molecule has 5 rings (SSSR count). The van der Waals surface area contributed by atoms with Crippen molar-refractivity contribution < 1.29 is 13.2 Å². The van der Waals surface area contributed by atoms with Crippen LogP contribution in [-0.4, -0.2) is 29.1 Å². The first-order valence-corrected chi connectivity index (χ1v) is 13.0. The molecule has 1 aliphatic carbocycles. The van der Waals surface area contributed by atoms with Crippen LogP contribution >= 0.6 is 0 Å². The minimum atomic E-state index is -3.78. The Labute approximate surface area is 204 Å². The van der Waals surface area contributed by atoms with Crippen LogP contribution in [0.4, 0.5) is 11.4 Å². The van der Waals surface area contributed by atoms with Crippen LogP contribution in [0.5, 0.6) is 0 Å². The van der Waals surface area contributed by atoms with E-state index in [0.29, 0.717) is 28.5 Å². The van der Waals surface area contributed by atoms with Crippen LogP contribution in [0.25, 0.3) is 11.0 Å². The molecule has 0 atom stereocenters. The van der Waals surface area contributed by atoms with Gasteiger partial charge in [0, 0.05) is 24.3 Å². The standard InChI is InChI=1S/C26H27N5O3S/c1-15-6-5-7-16(2)24(15)30-35(33,34)20-12-10-19(11-13-20)27-26(32)21-14-22(18-8-9-18)28-25-23(21)17(3)29-31(25)4/h5-7,10-14,18,30H,8-9H2,1-4H3,(H,27,32). The molecule has 0 saturated heterocycles. The fraction of sp³-hybridized carbons (Fsp3) is 0.269. The molecule has 0 aliphatic heterocycles. The van der Waals surface area contributed by atoms with Crippen molar-refractivity contribution in [3.8, 4) is 0 Å². The molecule has 9 heteroatoms. The third-order valence-corrected chi connectivity index (χ3v) is 7.73. The first-order valence-electron chi connectivity index (χ1n) is 11.5. The van der Waals surface area contributed by atoms with E-state index in [1.54, 1.807) is 16.8 Å². The summed E-state index contributed by atoms with van der Waals surface area (Å²) in [5.74, 6) is 0.106. The summed E-state index contributed by atoms with van der Waals surface area (Å²) in [4.78, 5) is 18.1. The Morgan fingerprint density at radius 3 is 2.31 bits per heavy atom. The maximum absolute atomic E-state index is 13.3. The molecule has 8 nitrogen and oxygen atoms in total. The van der Waals surface area contributed by atoms with Crippen molar-refractivity contribution in [2.45, 2.75) is 44.4 Å². The van der Waals surface area contributed by atoms with Crippen molar-refractivity contribution in [3.05, 3.63) is 76.6 Å². The molecule has 2 heterocycles. The summed E-state index contributed by atoms with van der Waals surface area (Å²) in [6.45, 7) is 5.58. The van der Waals surface area contributed by atoms with Crippen LogP contribution in [-0.2, 0) is 17.1 Å². The molecule has 2 aromatic heterocycles. The molecule has 0 unspecified atom stereocenters. The van der Waals surface area contributed by atoms with Crippen LogP contribution in [0.1, 0.15) is 51.6 Å². The number of carbonyl (C=O) groups excluding carboxylic acids is 1. The monoisotopic (exact) mass is 489 g/mol. The highest BCUT2D eigenvalue weighted by Crippen LogP contribution is 2.40. The van der Waals surface area contributed by atoms with Gasteiger partial charge in [0.15, 0.2) is 5.65 Å². The Morgan fingerprint density at radius 2 is 1.69 bits per heavy atom. The molecular weight excluding hydrogens is 462 g/mol. The zero-order valence-corrected chi connectivity index (χ0v) is 20.9. The van der Waals surface area contributed by atoms with Gasteiger partial charge < -0.3 is 5.32 Å². The summed E-state index contributed by atoms with van der Waals surface area (Å²) < 4.78 is 30.3. The van der Waals surface area contributed by atoms with E-state index in [1.165, 1.54) is 12.1 Å². The van der Waals surface area contributed by atoms with Crippen molar-refractivity contribution in [1.82, 2.24) is 14.8 Å². The molecule has 180 valence electrons. The number of anilines is 2. The number of nitrogens with zero attached hydrogens (tertiary/aromatic N) is 3. The third-order valence-electron chi connectivity index (χ3n) is 6.37. The summed E-state index contributed by atoms with van der Waals surface area (Å²) in [5.41, 5.74) is 5.62. The van der Waals surface area contributed by atoms with E-state index in [9.17, 15) is 13.2 Å². The van der Waals surface area contributed by atoms with E-state index >= 15 is 0 Å². The Bertz CT molecular complexity index is 1550. The van der Waals surface area contributed by atoms with Crippen molar-refractivity contribution >= 4 is 38.3 Å². The number of aromatic nitrogens is 3. The average Bonchev–Trinajstić information content (AvgIpc) is 3.62. The predicted molar refractivity (Wildman–Crippen MR) is 136 cm³/mol. The molecule has 0 bridgehead atoms. The van der Waals surface area contributed by atoms with Gasteiger partial charge >= 0.3 is 0 Å². The zero-order valence-electron chi connectivity index (χ0n) is 20.1. The number of rotatable bonds is 6. The van der Waals surface area contributed by atoms with Gasteiger partial charge in [-0.3, -0.25) is 14.2 Å². The molecular formula is C26H27N5O3S. The first-order chi connectivity index (χ1) is 16.6. The lowest BCUT2D eigenvalue weighted by molar-refractivity contribution is 0.102. The SMILES string of the molecule is Cc1cccc(C)c1NS(=O)(=O)c1ccc(NC(=O)c2cc(C3CC3)nc3c2c(C)nn3C)cc1. The van der Waals surface area contributed by atoms with Crippen LogP contribution in [0.15, 0.2) is 53.4 Å². The van der Waals surface area contributed by atoms with E-state index in [4.69, 9.17) is 4.98 Å². The predicted octanol–water partition coefficient (Wildman–Crippen LogP) is 4.82. The van der Waals surface area contributed by atoms with Gasteiger partial charge in [-0.2, -0.15) is 5.10 Å². The number of hydrogen-bond acceptors (Lipinski definition) is 5. The van der Waals surface area contributed by atoms with E-state index in [2.05, 4.69) is 15.1 Å². The molecule has 35 heavy (non-hydrogen) atoms. The number of pyridine rings is 1. The highest BCUT2D eigenvalue weighted by molar-refractivity contribution is 7.92. The second-order valence-corrected chi connectivity index (χ2v) is 10.8. The number of para-hydroxylation sites is 1. The molecule has 0 spiro atoms. The van der Waals surface area contributed by atoms with Crippen molar-refractivity contribution in [3.63, 3.8) is 0 Å². The van der Waals surface area contributed by atoms with Gasteiger partial charge in [0.1, 0.15) is 0 Å². The molecule has 0 radical (unpaired) electrons. The number of hydrogen-bond donors (Lipinski definition) is 2. The summed E-state index contributed by atoms with van der Waals surface area (Å²) in [7, 11) is -1.95. The quantitative estimate of drug-likeness (QED) is 0.404. The molecule has 1 saturated carbocycles. The molecule has 2 aromatic carbocycles. The van der Waals surface area contributed by atoms with E-state index in [-0.39, 0.29) is 10.8 Å². The molecule has 4 aromatic rings. The Hall–Kier alpha value is -3.72. The number of aryl methyl sites for hydroxylation is 4. The fourth-order valence-corrected chi connectivity index (χ4v) is 5.52. The van der Waals surface area contributed by atoms with Crippen molar-refractivity contribution in [2.75, 3.05) is 10.0 Å². The van der Waals surface area contributed by atoms with Crippen LogP contribution < -0.4 is 10.0 Å². The Morgan fingerprint density at radius 1 is 1.03 bits per heavy atom. The highest BCUT2D eigenvalue weighted by atomic mass is 32.2. The minimum absolute atomic E-state index is 0.114. The van der Waals surface area contributed by atoms with E-state index < -0.39 is 10.0 Å². The van der Waals surface area contributed by atoms with Crippen LogP contribution in [0, 0.1) is 20.8 Å². The second kappa shape index (κ2) is 8.49. The number of amides is 1. The largest absolute Gasteiger partial charge is 0.322 e. The van der Waals surface area contributed by atoms with E-state index in [0.717, 1.165) is 40.7 Å². The van der Waals surface area contributed by atoms with Gasteiger partial charge in [-0.1, -0.05) is 18.2 Å².